The van der Waals surface area contributed by atoms with Gasteiger partial charge in [0.05, 0.1) is 22.9 Å². The second-order valence-corrected chi connectivity index (χ2v) is 8.22. The number of anilines is 1. The lowest BCUT2D eigenvalue weighted by Gasteiger charge is -2.17. The Kier molecular flexibility index (Phi) is 5.00. The summed E-state index contributed by atoms with van der Waals surface area (Å²) in [6.07, 6.45) is -0.690. The van der Waals surface area contributed by atoms with Gasteiger partial charge in [-0.25, -0.2) is 4.68 Å². The zero-order valence-corrected chi connectivity index (χ0v) is 16.5. The van der Waals surface area contributed by atoms with E-state index < -0.39 is 16.9 Å². The Hall–Kier alpha value is -2.93. The van der Waals surface area contributed by atoms with Gasteiger partial charge in [-0.2, -0.15) is 5.10 Å². The fourth-order valence-electron chi connectivity index (χ4n) is 3.21. The van der Waals surface area contributed by atoms with E-state index in [2.05, 4.69) is 10.4 Å². The van der Waals surface area contributed by atoms with Gasteiger partial charge in [0.15, 0.2) is 6.10 Å². The molecule has 0 radical (unpaired) electrons. The van der Waals surface area contributed by atoms with E-state index >= 15 is 0 Å². The molecule has 3 aromatic rings. The molecule has 6 nitrogen and oxygen atoms in total. The minimum Gasteiger partial charge on any atom is -0.481 e. The standard InChI is InChI=1S/C21H21N3O3S/c1-14-8-6-7-11-19(14)24-20(17-12-28(26)13-18(17)23-24)22-21(25)15(2)27-16-9-4-3-5-10-16/h3-11,15H,12-13H2,1-2H3,(H,22,25)/t15-,28-/m0/s1. The minimum absolute atomic E-state index is 0.279. The van der Waals surface area contributed by atoms with Crippen molar-refractivity contribution in [1.29, 1.82) is 0 Å². The highest BCUT2D eigenvalue weighted by Gasteiger charge is 2.29. The predicted octanol–water partition coefficient (Wildman–Crippen LogP) is 3.35. The van der Waals surface area contributed by atoms with Gasteiger partial charge in [0.25, 0.3) is 5.91 Å². The van der Waals surface area contributed by atoms with Crippen molar-refractivity contribution in [2.45, 2.75) is 31.5 Å². The van der Waals surface area contributed by atoms with Crippen LogP contribution in [0.4, 0.5) is 5.82 Å². The number of hydrogen-bond donors (Lipinski definition) is 1. The minimum atomic E-state index is -0.984. The number of aromatic nitrogens is 2. The lowest BCUT2D eigenvalue weighted by Crippen LogP contribution is -2.31. The highest BCUT2D eigenvalue weighted by molar-refractivity contribution is 7.83. The first-order valence-electron chi connectivity index (χ1n) is 9.07. The molecule has 2 heterocycles. The average molecular weight is 395 g/mol. The van der Waals surface area contributed by atoms with Crippen LogP contribution in [0.3, 0.4) is 0 Å². The molecule has 0 fully saturated rings. The molecule has 2 aromatic carbocycles. The third-order valence-corrected chi connectivity index (χ3v) is 5.89. The summed E-state index contributed by atoms with van der Waals surface area (Å²) in [6.45, 7) is 3.70. The molecule has 0 unspecified atom stereocenters. The largest absolute Gasteiger partial charge is 0.481 e. The molecule has 0 bridgehead atoms. The average Bonchev–Trinajstić information content (AvgIpc) is 3.20. The van der Waals surface area contributed by atoms with Gasteiger partial charge in [0, 0.05) is 16.4 Å². The third kappa shape index (κ3) is 3.57. The van der Waals surface area contributed by atoms with E-state index in [0.717, 1.165) is 22.5 Å². The first-order valence-corrected chi connectivity index (χ1v) is 10.6. The van der Waals surface area contributed by atoms with E-state index in [1.807, 2.05) is 61.5 Å². The summed E-state index contributed by atoms with van der Waals surface area (Å²) in [7, 11) is -0.984. The second kappa shape index (κ2) is 7.59. The molecule has 1 N–H and O–H groups in total. The van der Waals surface area contributed by atoms with Gasteiger partial charge in [-0.3, -0.25) is 9.00 Å². The zero-order valence-electron chi connectivity index (χ0n) is 15.7. The predicted molar refractivity (Wildman–Crippen MR) is 109 cm³/mol. The number of para-hydroxylation sites is 2. The molecule has 2 atom stereocenters. The van der Waals surface area contributed by atoms with Crippen LogP contribution in [0, 0.1) is 6.92 Å². The molecule has 28 heavy (non-hydrogen) atoms. The summed E-state index contributed by atoms with van der Waals surface area (Å²) in [6, 6.07) is 17.1. The monoisotopic (exact) mass is 395 g/mol. The summed E-state index contributed by atoms with van der Waals surface area (Å²) < 4.78 is 19.5. The van der Waals surface area contributed by atoms with Crippen molar-refractivity contribution >= 4 is 22.5 Å². The van der Waals surface area contributed by atoms with Crippen LogP contribution in [-0.2, 0) is 27.1 Å². The van der Waals surface area contributed by atoms with Crippen LogP contribution < -0.4 is 10.1 Å². The molecule has 1 aliphatic heterocycles. The van der Waals surface area contributed by atoms with E-state index in [1.165, 1.54) is 0 Å². The van der Waals surface area contributed by atoms with E-state index in [9.17, 15) is 9.00 Å². The lowest BCUT2D eigenvalue weighted by atomic mass is 10.2. The molecule has 0 saturated heterocycles. The van der Waals surface area contributed by atoms with Crippen LogP contribution in [0.15, 0.2) is 54.6 Å². The maximum Gasteiger partial charge on any atom is 0.266 e. The van der Waals surface area contributed by atoms with Crippen molar-refractivity contribution < 1.29 is 13.7 Å². The summed E-state index contributed by atoms with van der Waals surface area (Å²) >= 11 is 0. The molecule has 0 saturated carbocycles. The number of aryl methyl sites for hydroxylation is 1. The third-order valence-electron chi connectivity index (χ3n) is 4.68. The fourth-order valence-corrected chi connectivity index (χ4v) is 4.47. The zero-order chi connectivity index (χ0) is 19.7. The van der Waals surface area contributed by atoms with Crippen molar-refractivity contribution in [2.24, 2.45) is 0 Å². The van der Waals surface area contributed by atoms with Crippen molar-refractivity contribution in [2.75, 3.05) is 5.32 Å². The molecule has 144 valence electrons. The highest BCUT2D eigenvalue weighted by atomic mass is 32.2. The second-order valence-electron chi connectivity index (χ2n) is 6.76. The Bertz CT molecular complexity index is 1050. The molecule has 1 amide bonds. The Morgan fingerprint density at radius 3 is 2.61 bits per heavy atom. The Morgan fingerprint density at radius 1 is 1.14 bits per heavy atom. The van der Waals surface area contributed by atoms with Gasteiger partial charge < -0.3 is 10.1 Å². The van der Waals surface area contributed by atoms with Crippen molar-refractivity contribution in [3.05, 3.63) is 71.4 Å². The Labute approximate surface area is 166 Å². The number of amides is 1. The van der Waals surface area contributed by atoms with Crippen LogP contribution in [-0.4, -0.2) is 26.0 Å². The van der Waals surface area contributed by atoms with Crippen LogP contribution in [0.2, 0.25) is 0 Å². The molecular formula is C21H21N3O3S. The van der Waals surface area contributed by atoms with Crippen LogP contribution in [0.5, 0.6) is 5.75 Å². The molecule has 4 rings (SSSR count). The number of nitrogens with zero attached hydrogens (tertiary/aromatic N) is 2. The quantitative estimate of drug-likeness (QED) is 0.719. The lowest BCUT2D eigenvalue weighted by molar-refractivity contribution is -0.122. The molecule has 1 aromatic heterocycles. The molecule has 0 aliphatic carbocycles. The van der Waals surface area contributed by atoms with E-state index in [1.54, 1.807) is 11.6 Å². The number of carbonyl (C=O) groups excluding carboxylic acids is 1. The number of benzene rings is 2. The summed E-state index contributed by atoms with van der Waals surface area (Å²) in [4.78, 5) is 12.8. The van der Waals surface area contributed by atoms with Gasteiger partial charge in [0.1, 0.15) is 11.6 Å². The molecule has 7 heteroatoms. The van der Waals surface area contributed by atoms with E-state index in [0.29, 0.717) is 23.1 Å². The summed E-state index contributed by atoms with van der Waals surface area (Å²) in [5, 5.41) is 7.60. The number of nitrogens with one attached hydrogen (secondary N) is 1. The summed E-state index contributed by atoms with van der Waals surface area (Å²) in [5.41, 5.74) is 3.53. The van der Waals surface area contributed by atoms with E-state index in [-0.39, 0.29) is 5.91 Å². The highest BCUT2D eigenvalue weighted by Crippen LogP contribution is 2.32. The molecule has 1 aliphatic rings. The van der Waals surface area contributed by atoms with Crippen LogP contribution in [0.1, 0.15) is 23.7 Å². The first-order chi connectivity index (χ1) is 13.5. The number of hydrogen-bond acceptors (Lipinski definition) is 4. The first kappa shape index (κ1) is 18.4. The number of carbonyl (C=O) groups is 1. The van der Waals surface area contributed by atoms with Gasteiger partial charge in [-0.15, -0.1) is 0 Å². The normalized spacial score (nSPS) is 16.4. The Balaban J connectivity index is 1.64. The SMILES string of the molecule is Cc1ccccc1-n1nc2c(c1NC(=O)[C@H](C)Oc1ccccc1)C[S@](=O)C2. The van der Waals surface area contributed by atoms with Gasteiger partial charge in [-0.05, 0) is 37.6 Å². The number of fused-ring (bicyclic) bond motifs is 1. The van der Waals surface area contributed by atoms with Gasteiger partial charge in [-0.1, -0.05) is 36.4 Å². The Morgan fingerprint density at radius 2 is 1.86 bits per heavy atom. The summed E-state index contributed by atoms with van der Waals surface area (Å²) in [5.74, 6) is 1.73. The van der Waals surface area contributed by atoms with Gasteiger partial charge >= 0.3 is 0 Å². The maximum atomic E-state index is 12.8. The van der Waals surface area contributed by atoms with Crippen molar-refractivity contribution in [1.82, 2.24) is 9.78 Å². The van der Waals surface area contributed by atoms with Crippen LogP contribution in [0.25, 0.3) is 5.69 Å². The van der Waals surface area contributed by atoms with Crippen molar-refractivity contribution in [3.63, 3.8) is 0 Å². The molecule has 0 spiro atoms. The maximum absolute atomic E-state index is 12.8. The molecular weight excluding hydrogens is 374 g/mol. The topological polar surface area (TPSA) is 73.2 Å². The van der Waals surface area contributed by atoms with E-state index in [4.69, 9.17) is 4.74 Å². The van der Waals surface area contributed by atoms with Crippen molar-refractivity contribution in [3.8, 4) is 11.4 Å². The number of ether oxygens (including phenoxy) is 1. The van der Waals surface area contributed by atoms with Crippen LogP contribution >= 0.6 is 0 Å². The number of rotatable bonds is 5. The smallest absolute Gasteiger partial charge is 0.266 e. The fraction of sp³-hybridized carbons (Fsp3) is 0.238. The van der Waals surface area contributed by atoms with Gasteiger partial charge in [0.2, 0.25) is 0 Å².